The highest BCUT2D eigenvalue weighted by molar-refractivity contribution is 7.88. The molecule has 24 heavy (non-hydrogen) atoms. The minimum atomic E-state index is -3.31. The summed E-state index contributed by atoms with van der Waals surface area (Å²) >= 11 is 0. The van der Waals surface area contributed by atoms with Gasteiger partial charge in [0.25, 0.3) is 5.91 Å². The van der Waals surface area contributed by atoms with Crippen LogP contribution in [0.25, 0.3) is 0 Å². The van der Waals surface area contributed by atoms with E-state index in [0.717, 1.165) is 17.6 Å². The molecule has 2 aromatic heterocycles. The van der Waals surface area contributed by atoms with Gasteiger partial charge in [0.05, 0.1) is 30.1 Å². The summed E-state index contributed by atoms with van der Waals surface area (Å²) in [5, 5.41) is 4.25. The van der Waals surface area contributed by atoms with E-state index in [0.29, 0.717) is 18.7 Å². The van der Waals surface area contributed by atoms with Crippen LogP contribution in [0, 0.1) is 6.92 Å². The standard InChI is InChI=1S/C15H19N5O3S/c1-11-3-4-12(7-16-11)15(21)19-9-13-5-6-17-20(13)14(10-19)8-18-24(2,22)23/h3-7,14,18H,8-10H2,1-2H3. The van der Waals surface area contributed by atoms with Crippen LogP contribution in [0.2, 0.25) is 0 Å². The van der Waals surface area contributed by atoms with Crippen molar-refractivity contribution in [2.45, 2.75) is 19.5 Å². The third-order valence-electron chi connectivity index (χ3n) is 3.91. The zero-order chi connectivity index (χ0) is 17.3. The van der Waals surface area contributed by atoms with E-state index in [2.05, 4.69) is 14.8 Å². The summed E-state index contributed by atoms with van der Waals surface area (Å²) in [7, 11) is -3.31. The van der Waals surface area contributed by atoms with Crippen molar-refractivity contribution in [3.8, 4) is 0 Å². The van der Waals surface area contributed by atoms with Crippen LogP contribution < -0.4 is 4.72 Å². The van der Waals surface area contributed by atoms with Crippen LogP contribution in [0.3, 0.4) is 0 Å². The van der Waals surface area contributed by atoms with Crippen LogP contribution >= 0.6 is 0 Å². The van der Waals surface area contributed by atoms with E-state index in [1.54, 1.807) is 34.1 Å². The van der Waals surface area contributed by atoms with Gasteiger partial charge in [-0.05, 0) is 25.1 Å². The molecule has 0 bridgehead atoms. The van der Waals surface area contributed by atoms with Gasteiger partial charge in [0.15, 0.2) is 0 Å². The zero-order valence-electron chi connectivity index (χ0n) is 13.5. The summed E-state index contributed by atoms with van der Waals surface area (Å²) in [6.45, 7) is 2.86. The van der Waals surface area contributed by atoms with Crippen LogP contribution in [0.5, 0.6) is 0 Å². The Balaban J connectivity index is 1.81. The van der Waals surface area contributed by atoms with E-state index in [-0.39, 0.29) is 18.5 Å². The van der Waals surface area contributed by atoms with Crippen molar-refractivity contribution in [1.82, 2.24) is 24.4 Å². The fraction of sp³-hybridized carbons (Fsp3) is 0.400. The molecule has 0 aromatic carbocycles. The molecule has 128 valence electrons. The van der Waals surface area contributed by atoms with Gasteiger partial charge < -0.3 is 4.90 Å². The summed E-state index contributed by atoms with van der Waals surface area (Å²) in [4.78, 5) is 18.6. The second-order valence-electron chi connectivity index (χ2n) is 5.92. The quantitative estimate of drug-likeness (QED) is 0.858. The van der Waals surface area contributed by atoms with Gasteiger partial charge in [-0.2, -0.15) is 5.10 Å². The van der Waals surface area contributed by atoms with Crippen molar-refractivity contribution in [1.29, 1.82) is 0 Å². The number of pyridine rings is 1. The van der Waals surface area contributed by atoms with E-state index in [1.165, 1.54) is 0 Å². The lowest BCUT2D eigenvalue weighted by molar-refractivity contribution is 0.0671. The summed E-state index contributed by atoms with van der Waals surface area (Å²) in [6.07, 6.45) is 4.33. The highest BCUT2D eigenvalue weighted by Gasteiger charge is 2.29. The minimum absolute atomic E-state index is 0.126. The molecule has 1 N–H and O–H groups in total. The normalized spacial score (nSPS) is 17.6. The Morgan fingerprint density at radius 2 is 2.17 bits per heavy atom. The van der Waals surface area contributed by atoms with Crippen LogP contribution in [0.15, 0.2) is 30.6 Å². The molecule has 0 saturated heterocycles. The van der Waals surface area contributed by atoms with Crippen molar-refractivity contribution in [2.24, 2.45) is 0 Å². The average Bonchev–Trinajstić information content (AvgIpc) is 3.00. The second kappa shape index (κ2) is 6.33. The van der Waals surface area contributed by atoms with Crippen LogP contribution in [-0.4, -0.2) is 53.3 Å². The van der Waals surface area contributed by atoms with Crippen LogP contribution in [-0.2, 0) is 16.6 Å². The number of nitrogens with zero attached hydrogens (tertiary/aromatic N) is 4. The Morgan fingerprint density at radius 1 is 1.38 bits per heavy atom. The summed E-state index contributed by atoms with van der Waals surface area (Å²) in [5.41, 5.74) is 2.23. The maximum atomic E-state index is 12.7. The van der Waals surface area contributed by atoms with Gasteiger partial charge in [-0.15, -0.1) is 0 Å². The number of sulfonamides is 1. The molecular formula is C15H19N5O3S. The van der Waals surface area contributed by atoms with Gasteiger partial charge in [0.1, 0.15) is 0 Å². The lowest BCUT2D eigenvalue weighted by Crippen LogP contribution is -2.45. The molecule has 3 rings (SSSR count). The molecule has 8 nitrogen and oxygen atoms in total. The molecule has 1 atom stereocenters. The van der Waals surface area contributed by atoms with Gasteiger partial charge >= 0.3 is 0 Å². The van der Waals surface area contributed by atoms with Gasteiger partial charge in [0.2, 0.25) is 10.0 Å². The summed E-state index contributed by atoms with van der Waals surface area (Å²) in [5.74, 6) is -0.126. The molecule has 0 aliphatic carbocycles. The molecule has 2 aromatic rings. The van der Waals surface area contributed by atoms with Crippen LogP contribution in [0.1, 0.15) is 27.8 Å². The predicted octanol–water partition coefficient (Wildman–Crippen LogP) is 0.333. The van der Waals surface area contributed by atoms with Crippen molar-refractivity contribution in [2.75, 3.05) is 19.3 Å². The first kappa shape index (κ1) is 16.6. The number of carbonyl (C=O) groups is 1. The van der Waals surface area contributed by atoms with Crippen molar-refractivity contribution < 1.29 is 13.2 Å². The van der Waals surface area contributed by atoms with E-state index in [4.69, 9.17) is 0 Å². The van der Waals surface area contributed by atoms with Gasteiger partial charge in [-0.25, -0.2) is 13.1 Å². The van der Waals surface area contributed by atoms with Crippen molar-refractivity contribution in [3.05, 3.63) is 47.5 Å². The number of fused-ring (bicyclic) bond motifs is 1. The van der Waals surface area contributed by atoms with E-state index in [1.807, 2.05) is 13.0 Å². The number of aromatic nitrogens is 3. The molecule has 0 fully saturated rings. The first-order valence-corrected chi connectivity index (χ1v) is 9.41. The average molecular weight is 349 g/mol. The van der Waals surface area contributed by atoms with E-state index < -0.39 is 10.0 Å². The molecule has 0 spiro atoms. The highest BCUT2D eigenvalue weighted by atomic mass is 32.2. The second-order valence-corrected chi connectivity index (χ2v) is 7.75. The molecule has 1 amide bonds. The molecule has 0 radical (unpaired) electrons. The Bertz CT molecular complexity index is 844. The minimum Gasteiger partial charge on any atom is -0.331 e. The lowest BCUT2D eigenvalue weighted by atomic mass is 10.1. The first-order valence-electron chi connectivity index (χ1n) is 7.52. The fourth-order valence-electron chi connectivity index (χ4n) is 2.72. The zero-order valence-corrected chi connectivity index (χ0v) is 14.3. The number of amides is 1. The monoisotopic (exact) mass is 349 g/mol. The third kappa shape index (κ3) is 3.62. The molecule has 1 aliphatic heterocycles. The Labute approximate surface area is 140 Å². The third-order valence-corrected chi connectivity index (χ3v) is 4.60. The van der Waals surface area contributed by atoms with Crippen LogP contribution in [0.4, 0.5) is 0 Å². The number of hydrogen-bond acceptors (Lipinski definition) is 5. The Morgan fingerprint density at radius 3 is 2.83 bits per heavy atom. The van der Waals surface area contributed by atoms with E-state index >= 15 is 0 Å². The van der Waals surface area contributed by atoms with E-state index in [9.17, 15) is 13.2 Å². The van der Waals surface area contributed by atoms with Gasteiger partial charge in [0, 0.05) is 31.2 Å². The molecule has 0 saturated carbocycles. The topological polar surface area (TPSA) is 97.2 Å². The molecule has 1 aliphatic rings. The summed E-state index contributed by atoms with van der Waals surface area (Å²) < 4.78 is 27.0. The fourth-order valence-corrected chi connectivity index (χ4v) is 3.21. The van der Waals surface area contributed by atoms with Crippen molar-refractivity contribution >= 4 is 15.9 Å². The first-order chi connectivity index (χ1) is 11.3. The number of aryl methyl sites for hydroxylation is 1. The largest absolute Gasteiger partial charge is 0.331 e. The number of rotatable bonds is 4. The van der Waals surface area contributed by atoms with Crippen molar-refractivity contribution in [3.63, 3.8) is 0 Å². The molecular weight excluding hydrogens is 330 g/mol. The molecule has 3 heterocycles. The Kier molecular flexibility index (Phi) is 4.37. The smallest absolute Gasteiger partial charge is 0.255 e. The molecule has 1 unspecified atom stereocenters. The lowest BCUT2D eigenvalue weighted by Gasteiger charge is -2.34. The molecule has 9 heteroatoms. The number of carbonyl (C=O) groups excluding carboxylic acids is 1. The maximum Gasteiger partial charge on any atom is 0.255 e. The Hall–Kier alpha value is -2.26. The SMILES string of the molecule is Cc1ccc(C(=O)N2Cc3ccnn3C(CNS(C)(=O)=O)C2)cn1. The number of hydrogen-bond donors (Lipinski definition) is 1. The van der Waals surface area contributed by atoms with Gasteiger partial charge in [-0.3, -0.25) is 14.5 Å². The summed E-state index contributed by atoms with van der Waals surface area (Å²) in [6, 6.07) is 5.13. The van der Waals surface area contributed by atoms with Gasteiger partial charge in [-0.1, -0.05) is 0 Å². The highest BCUT2D eigenvalue weighted by Crippen LogP contribution is 2.21. The predicted molar refractivity (Wildman–Crippen MR) is 87.8 cm³/mol. The number of nitrogens with one attached hydrogen (secondary N) is 1. The maximum absolute atomic E-state index is 12.7.